The molecule has 0 saturated heterocycles. The number of unbranched alkanes of at least 4 members (excludes halogenated alkanes) is 1. The van der Waals surface area contributed by atoms with E-state index in [-0.39, 0.29) is 0 Å². The zero-order valence-electron chi connectivity index (χ0n) is 10.4. The Kier molecular flexibility index (Phi) is 7.13. The summed E-state index contributed by atoms with van der Waals surface area (Å²) in [6, 6.07) is 5.73. The van der Waals surface area contributed by atoms with Gasteiger partial charge in [0.1, 0.15) is 0 Å². The van der Waals surface area contributed by atoms with Crippen LogP contribution in [-0.2, 0) is 0 Å². The SMILES string of the molecule is CCCCSC/C=N/Nc1ccc(Cl)cc1C. The third-order valence-corrected chi connectivity index (χ3v) is 3.50. The first kappa shape index (κ1) is 14.4. The van der Waals surface area contributed by atoms with Crippen LogP contribution >= 0.6 is 23.4 Å². The summed E-state index contributed by atoms with van der Waals surface area (Å²) in [6.07, 6.45) is 4.45. The number of benzene rings is 1. The molecule has 1 aromatic carbocycles. The van der Waals surface area contributed by atoms with Crippen molar-refractivity contribution >= 4 is 35.3 Å². The molecule has 0 amide bonds. The number of halogens is 1. The van der Waals surface area contributed by atoms with Crippen molar-refractivity contribution in [2.45, 2.75) is 26.7 Å². The normalized spacial score (nSPS) is 11.0. The third kappa shape index (κ3) is 5.99. The van der Waals surface area contributed by atoms with Crippen molar-refractivity contribution in [3.05, 3.63) is 28.8 Å². The summed E-state index contributed by atoms with van der Waals surface area (Å²) < 4.78 is 0. The van der Waals surface area contributed by atoms with Crippen LogP contribution in [0.15, 0.2) is 23.3 Å². The molecule has 0 aliphatic carbocycles. The first-order valence-electron chi connectivity index (χ1n) is 5.85. The molecule has 0 bridgehead atoms. The maximum atomic E-state index is 5.88. The van der Waals surface area contributed by atoms with Crippen molar-refractivity contribution in [1.82, 2.24) is 0 Å². The highest BCUT2D eigenvalue weighted by molar-refractivity contribution is 7.99. The highest BCUT2D eigenvalue weighted by atomic mass is 35.5. The zero-order valence-corrected chi connectivity index (χ0v) is 11.9. The van der Waals surface area contributed by atoms with Gasteiger partial charge in [0.15, 0.2) is 0 Å². The van der Waals surface area contributed by atoms with Gasteiger partial charge in [0.25, 0.3) is 0 Å². The lowest BCUT2D eigenvalue weighted by atomic mass is 10.2. The molecule has 0 saturated carbocycles. The van der Waals surface area contributed by atoms with Crippen molar-refractivity contribution in [1.29, 1.82) is 0 Å². The Hall–Kier alpha value is -0.670. The lowest BCUT2D eigenvalue weighted by molar-refractivity contribution is 0.897. The summed E-state index contributed by atoms with van der Waals surface area (Å²) >= 11 is 7.79. The maximum Gasteiger partial charge on any atom is 0.0591 e. The summed E-state index contributed by atoms with van der Waals surface area (Å²) in [7, 11) is 0. The van der Waals surface area contributed by atoms with Crippen molar-refractivity contribution in [3.63, 3.8) is 0 Å². The molecule has 0 fully saturated rings. The summed E-state index contributed by atoms with van der Waals surface area (Å²) in [6.45, 7) is 4.22. The van der Waals surface area contributed by atoms with Gasteiger partial charge in [-0.1, -0.05) is 24.9 Å². The number of thioether (sulfide) groups is 1. The van der Waals surface area contributed by atoms with E-state index in [1.807, 2.05) is 43.1 Å². The summed E-state index contributed by atoms with van der Waals surface area (Å²) in [4.78, 5) is 0. The van der Waals surface area contributed by atoms with E-state index in [4.69, 9.17) is 11.6 Å². The average molecular weight is 271 g/mol. The fourth-order valence-electron chi connectivity index (χ4n) is 1.29. The van der Waals surface area contributed by atoms with Crippen LogP contribution in [0.5, 0.6) is 0 Å². The van der Waals surface area contributed by atoms with Gasteiger partial charge in [0.05, 0.1) is 5.69 Å². The van der Waals surface area contributed by atoms with Crippen LogP contribution < -0.4 is 5.43 Å². The Balaban J connectivity index is 2.27. The number of hydrogen-bond donors (Lipinski definition) is 1. The average Bonchev–Trinajstić information content (AvgIpc) is 2.30. The first-order chi connectivity index (χ1) is 8.24. The number of hydrogen-bond acceptors (Lipinski definition) is 3. The van der Waals surface area contributed by atoms with E-state index in [1.54, 1.807) is 0 Å². The molecule has 0 aromatic heterocycles. The van der Waals surface area contributed by atoms with Gasteiger partial charge in [-0.15, -0.1) is 0 Å². The Bertz CT molecular complexity index is 366. The summed E-state index contributed by atoms with van der Waals surface area (Å²) in [5.41, 5.74) is 5.14. The zero-order chi connectivity index (χ0) is 12.5. The smallest absolute Gasteiger partial charge is 0.0591 e. The number of rotatable bonds is 7. The molecule has 2 nitrogen and oxygen atoms in total. The number of anilines is 1. The van der Waals surface area contributed by atoms with Crippen molar-refractivity contribution < 1.29 is 0 Å². The van der Waals surface area contributed by atoms with E-state index in [0.29, 0.717) is 0 Å². The predicted molar refractivity (Wildman–Crippen MR) is 80.5 cm³/mol. The van der Waals surface area contributed by atoms with Crippen LogP contribution in [0.25, 0.3) is 0 Å². The molecule has 0 unspecified atom stereocenters. The molecule has 0 heterocycles. The molecule has 94 valence electrons. The third-order valence-electron chi connectivity index (χ3n) is 2.30. The van der Waals surface area contributed by atoms with Gasteiger partial charge in [-0.3, -0.25) is 5.43 Å². The highest BCUT2D eigenvalue weighted by Crippen LogP contribution is 2.19. The molecule has 0 spiro atoms. The lowest BCUT2D eigenvalue weighted by Crippen LogP contribution is -1.93. The van der Waals surface area contributed by atoms with Crippen molar-refractivity contribution in [2.75, 3.05) is 16.9 Å². The molecule has 1 aromatic rings. The van der Waals surface area contributed by atoms with Gasteiger partial charge < -0.3 is 0 Å². The van der Waals surface area contributed by atoms with Crippen LogP contribution in [0.4, 0.5) is 5.69 Å². The molecule has 0 aliphatic heterocycles. The van der Waals surface area contributed by atoms with E-state index >= 15 is 0 Å². The number of aryl methyl sites for hydroxylation is 1. The van der Waals surface area contributed by atoms with E-state index < -0.39 is 0 Å². The Morgan fingerprint density at radius 1 is 1.47 bits per heavy atom. The van der Waals surface area contributed by atoms with Crippen LogP contribution in [0.3, 0.4) is 0 Å². The Morgan fingerprint density at radius 3 is 3.00 bits per heavy atom. The highest BCUT2D eigenvalue weighted by Gasteiger charge is 1.96. The van der Waals surface area contributed by atoms with Crippen LogP contribution in [0, 0.1) is 6.92 Å². The summed E-state index contributed by atoms with van der Waals surface area (Å²) in [5, 5.41) is 4.95. The minimum atomic E-state index is 0.757. The van der Waals surface area contributed by atoms with Gasteiger partial charge in [0.2, 0.25) is 0 Å². The minimum absolute atomic E-state index is 0.757. The van der Waals surface area contributed by atoms with Crippen molar-refractivity contribution in [2.24, 2.45) is 5.10 Å². The van der Waals surface area contributed by atoms with Gasteiger partial charge in [-0.2, -0.15) is 16.9 Å². The van der Waals surface area contributed by atoms with Crippen molar-refractivity contribution in [3.8, 4) is 0 Å². The fourth-order valence-corrected chi connectivity index (χ4v) is 2.35. The standard InChI is InChI=1S/C13H19ClN2S/c1-3-4-8-17-9-7-15-16-13-6-5-12(14)10-11(13)2/h5-7,10,16H,3-4,8-9H2,1-2H3/b15-7+. The molecular weight excluding hydrogens is 252 g/mol. The molecule has 0 aliphatic rings. The second-order valence-electron chi connectivity index (χ2n) is 3.81. The van der Waals surface area contributed by atoms with Crippen LogP contribution in [-0.4, -0.2) is 17.7 Å². The molecule has 0 atom stereocenters. The van der Waals surface area contributed by atoms with E-state index in [1.165, 1.54) is 18.6 Å². The molecule has 1 N–H and O–H groups in total. The molecule has 4 heteroatoms. The first-order valence-corrected chi connectivity index (χ1v) is 7.38. The number of nitrogens with one attached hydrogen (secondary N) is 1. The molecular formula is C13H19ClN2S. The largest absolute Gasteiger partial charge is 0.279 e. The number of hydrazone groups is 1. The van der Waals surface area contributed by atoms with Crippen LogP contribution in [0.1, 0.15) is 25.3 Å². The molecule has 0 radical (unpaired) electrons. The second-order valence-corrected chi connectivity index (χ2v) is 5.40. The molecule has 1 rings (SSSR count). The van der Waals surface area contributed by atoms with E-state index in [0.717, 1.165) is 22.0 Å². The van der Waals surface area contributed by atoms with Gasteiger partial charge >= 0.3 is 0 Å². The topological polar surface area (TPSA) is 24.4 Å². The monoisotopic (exact) mass is 270 g/mol. The maximum absolute atomic E-state index is 5.88. The Morgan fingerprint density at radius 2 is 2.29 bits per heavy atom. The van der Waals surface area contributed by atoms with Gasteiger partial charge in [0, 0.05) is 17.0 Å². The Labute approximate surface area is 113 Å². The fraction of sp³-hybridized carbons (Fsp3) is 0.462. The van der Waals surface area contributed by atoms with Gasteiger partial charge in [-0.05, 0) is 42.9 Å². The van der Waals surface area contributed by atoms with Gasteiger partial charge in [-0.25, -0.2) is 0 Å². The quantitative estimate of drug-likeness (QED) is 0.446. The minimum Gasteiger partial charge on any atom is -0.279 e. The van der Waals surface area contributed by atoms with E-state index in [9.17, 15) is 0 Å². The predicted octanol–water partition coefficient (Wildman–Crippen LogP) is 4.58. The van der Waals surface area contributed by atoms with E-state index in [2.05, 4.69) is 17.5 Å². The summed E-state index contributed by atoms with van der Waals surface area (Å²) in [5.74, 6) is 2.17. The van der Waals surface area contributed by atoms with Crippen LogP contribution in [0.2, 0.25) is 5.02 Å². The second kappa shape index (κ2) is 8.43. The lowest BCUT2D eigenvalue weighted by Gasteiger charge is -2.04. The number of nitrogens with zero attached hydrogens (tertiary/aromatic N) is 1. The molecule has 17 heavy (non-hydrogen) atoms.